The summed E-state index contributed by atoms with van der Waals surface area (Å²) in [4.78, 5) is 25.6. The Morgan fingerprint density at radius 1 is 1.00 bits per heavy atom. The quantitative estimate of drug-likeness (QED) is 0.373. The number of para-hydroxylation sites is 1. The summed E-state index contributed by atoms with van der Waals surface area (Å²) < 4.78 is 26.1. The van der Waals surface area contributed by atoms with Crippen molar-refractivity contribution in [2.45, 2.75) is 32.7 Å². The van der Waals surface area contributed by atoms with Crippen molar-refractivity contribution in [1.82, 2.24) is 5.32 Å². The maximum Gasteiger partial charge on any atom is 0.253 e. The van der Waals surface area contributed by atoms with E-state index in [1.165, 1.54) is 4.31 Å². The molecule has 0 aliphatic heterocycles. The minimum Gasteiger partial charge on any atom is -0.345 e. The Kier molecular flexibility index (Phi) is 9.12. The van der Waals surface area contributed by atoms with Crippen LogP contribution in [0.3, 0.4) is 0 Å². The number of nitrogens with zero attached hydrogens (tertiary/aromatic N) is 1. The zero-order chi connectivity index (χ0) is 26.3. The van der Waals surface area contributed by atoms with Gasteiger partial charge in [-0.25, -0.2) is 8.42 Å². The average molecular weight is 528 g/mol. The summed E-state index contributed by atoms with van der Waals surface area (Å²) in [7, 11) is -3.58. The Morgan fingerprint density at radius 3 is 2.36 bits per heavy atom. The van der Waals surface area contributed by atoms with Crippen LogP contribution in [0.1, 0.15) is 47.3 Å². The van der Waals surface area contributed by atoms with Crippen molar-refractivity contribution in [1.29, 1.82) is 0 Å². The summed E-state index contributed by atoms with van der Waals surface area (Å²) in [6, 6.07) is 21.2. The Labute approximate surface area is 217 Å². The van der Waals surface area contributed by atoms with E-state index in [1.54, 1.807) is 49.4 Å². The zero-order valence-electron chi connectivity index (χ0n) is 20.5. The first kappa shape index (κ1) is 27.2. The number of aryl methyl sites for hydroxylation is 1. The number of anilines is 2. The standard InChI is InChI=1S/C27H30ClN3O4S/c1-19-15-16-22(28)18-25(19)31(36(3,34)35)17-9-14-26(32)30-24-13-8-7-12-23(24)27(33)29-20(2)21-10-5-4-6-11-21/h4-8,10-13,15-16,18,20H,9,14,17H2,1-3H3,(H,29,33)(H,30,32)/t20-/m1/s1. The van der Waals surface area contributed by atoms with Crippen molar-refractivity contribution in [3.05, 3.63) is 94.5 Å². The van der Waals surface area contributed by atoms with Crippen LogP contribution < -0.4 is 14.9 Å². The minimum absolute atomic E-state index is 0.0714. The molecule has 3 aromatic carbocycles. The molecule has 7 nitrogen and oxygen atoms in total. The predicted molar refractivity (Wildman–Crippen MR) is 145 cm³/mol. The monoisotopic (exact) mass is 527 g/mol. The van der Waals surface area contributed by atoms with Gasteiger partial charge in [-0.15, -0.1) is 0 Å². The van der Waals surface area contributed by atoms with Crippen LogP contribution in [0.2, 0.25) is 5.02 Å². The van der Waals surface area contributed by atoms with Crippen LogP contribution in [0.25, 0.3) is 0 Å². The van der Waals surface area contributed by atoms with E-state index in [0.29, 0.717) is 22.0 Å². The van der Waals surface area contributed by atoms with Gasteiger partial charge >= 0.3 is 0 Å². The number of carbonyl (C=O) groups is 2. The van der Waals surface area contributed by atoms with Crippen LogP contribution in [-0.4, -0.2) is 33.0 Å². The van der Waals surface area contributed by atoms with Crippen LogP contribution in [-0.2, 0) is 14.8 Å². The summed E-state index contributed by atoms with van der Waals surface area (Å²) in [5, 5.41) is 6.17. The molecule has 0 saturated carbocycles. The molecule has 2 amide bonds. The molecule has 190 valence electrons. The van der Waals surface area contributed by atoms with Crippen molar-refractivity contribution < 1.29 is 18.0 Å². The molecule has 2 N–H and O–H groups in total. The first-order chi connectivity index (χ1) is 17.1. The topological polar surface area (TPSA) is 95.6 Å². The van der Waals surface area contributed by atoms with Gasteiger partial charge in [0, 0.05) is 18.0 Å². The molecule has 0 aliphatic carbocycles. The van der Waals surface area contributed by atoms with E-state index < -0.39 is 10.0 Å². The SMILES string of the molecule is Cc1ccc(Cl)cc1N(CCCC(=O)Nc1ccccc1C(=O)N[C@H](C)c1ccccc1)S(C)(=O)=O. The van der Waals surface area contributed by atoms with Gasteiger partial charge in [-0.3, -0.25) is 13.9 Å². The Morgan fingerprint density at radius 2 is 1.67 bits per heavy atom. The van der Waals surface area contributed by atoms with Gasteiger partial charge in [-0.2, -0.15) is 0 Å². The Balaban J connectivity index is 1.64. The van der Waals surface area contributed by atoms with Gasteiger partial charge < -0.3 is 10.6 Å². The third kappa shape index (κ3) is 7.32. The number of hydrogen-bond acceptors (Lipinski definition) is 4. The summed E-state index contributed by atoms with van der Waals surface area (Å²) >= 11 is 6.07. The van der Waals surface area contributed by atoms with Crippen molar-refractivity contribution in [2.24, 2.45) is 0 Å². The molecule has 0 unspecified atom stereocenters. The molecule has 0 radical (unpaired) electrons. The number of hydrogen-bond donors (Lipinski definition) is 2. The third-order valence-corrected chi connectivity index (χ3v) is 7.11. The first-order valence-corrected chi connectivity index (χ1v) is 13.8. The number of halogens is 1. The molecule has 0 fully saturated rings. The number of sulfonamides is 1. The van der Waals surface area contributed by atoms with E-state index >= 15 is 0 Å². The van der Waals surface area contributed by atoms with Crippen molar-refractivity contribution in [3.63, 3.8) is 0 Å². The van der Waals surface area contributed by atoms with Gasteiger partial charge in [0.2, 0.25) is 15.9 Å². The largest absolute Gasteiger partial charge is 0.345 e. The number of carbonyl (C=O) groups excluding carboxylic acids is 2. The van der Waals surface area contributed by atoms with Crippen LogP contribution in [0.5, 0.6) is 0 Å². The first-order valence-electron chi connectivity index (χ1n) is 11.5. The van der Waals surface area contributed by atoms with Crippen LogP contribution in [0, 0.1) is 6.92 Å². The highest BCUT2D eigenvalue weighted by Gasteiger charge is 2.20. The maximum absolute atomic E-state index is 12.9. The smallest absolute Gasteiger partial charge is 0.253 e. The molecule has 36 heavy (non-hydrogen) atoms. The van der Waals surface area contributed by atoms with Gasteiger partial charge in [0.25, 0.3) is 5.91 Å². The van der Waals surface area contributed by atoms with Crippen molar-refractivity contribution >= 4 is 44.8 Å². The lowest BCUT2D eigenvalue weighted by molar-refractivity contribution is -0.116. The number of rotatable bonds is 10. The fraction of sp³-hybridized carbons (Fsp3) is 0.259. The van der Waals surface area contributed by atoms with E-state index in [-0.39, 0.29) is 37.2 Å². The van der Waals surface area contributed by atoms with Gasteiger partial charge in [-0.05, 0) is 55.7 Å². The number of benzene rings is 3. The number of amides is 2. The second kappa shape index (κ2) is 12.1. The summed E-state index contributed by atoms with van der Waals surface area (Å²) in [5.41, 5.74) is 2.96. The summed E-state index contributed by atoms with van der Waals surface area (Å²) in [6.45, 7) is 3.81. The van der Waals surface area contributed by atoms with Gasteiger partial charge in [0.1, 0.15) is 0 Å². The molecule has 0 spiro atoms. The van der Waals surface area contributed by atoms with Crippen molar-refractivity contribution in [2.75, 3.05) is 22.4 Å². The number of nitrogens with one attached hydrogen (secondary N) is 2. The lowest BCUT2D eigenvalue weighted by Crippen LogP contribution is -2.32. The highest BCUT2D eigenvalue weighted by Crippen LogP contribution is 2.27. The molecule has 3 aromatic rings. The van der Waals surface area contributed by atoms with E-state index in [0.717, 1.165) is 17.4 Å². The molecule has 9 heteroatoms. The normalized spacial score (nSPS) is 12.0. The van der Waals surface area contributed by atoms with E-state index in [1.807, 2.05) is 37.3 Å². The lowest BCUT2D eigenvalue weighted by atomic mass is 10.1. The minimum atomic E-state index is -3.58. The van der Waals surface area contributed by atoms with Crippen LogP contribution >= 0.6 is 11.6 Å². The Bertz CT molecular complexity index is 1330. The van der Waals surface area contributed by atoms with E-state index in [4.69, 9.17) is 11.6 Å². The zero-order valence-corrected chi connectivity index (χ0v) is 22.1. The molecular formula is C27H30ClN3O4S. The van der Waals surface area contributed by atoms with E-state index in [9.17, 15) is 18.0 Å². The molecule has 1 atom stereocenters. The second-order valence-corrected chi connectivity index (χ2v) is 10.9. The molecule has 0 bridgehead atoms. The highest BCUT2D eigenvalue weighted by molar-refractivity contribution is 7.92. The summed E-state index contributed by atoms with van der Waals surface area (Å²) in [6.07, 6.45) is 1.48. The molecule has 0 aliphatic rings. The average Bonchev–Trinajstić information content (AvgIpc) is 2.83. The summed E-state index contributed by atoms with van der Waals surface area (Å²) in [5.74, 6) is -0.621. The maximum atomic E-state index is 12.9. The Hall–Kier alpha value is -3.36. The molecule has 0 heterocycles. The van der Waals surface area contributed by atoms with Crippen LogP contribution in [0.4, 0.5) is 11.4 Å². The molecule has 0 aromatic heterocycles. The second-order valence-electron chi connectivity index (χ2n) is 8.57. The highest BCUT2D eigenvalue weighted by atomic mass is 35.5. The molecule has 3 rings (SSSR count). The van der Waals surface area contributed by atoms with Crippen LogP contribution in [0.15, 0.2) is 72.8 Å². The molecular weight excluding hydrogens is 498 g/mol. The van der Waals surface area contributed by atoms with E-state index in [2.05, 4.69) is 10.6 Å². The lowest BCUT2D eigenvalue weighted by Gasteiger charge is -2.24. The fourth-order valence-electron chi connectivity index (χ4n) is 3.80. The fourth-order valence-corrected chi connectivity index (χ4v) is 4.98. The predicted octanol–water partition coefficient (Wildman–Crippen LogP) is 5.32. The van der Waals surface area contributed by atoms with Gasteiger partial charge in [-0.1, -0.05) is 60.1 Å². The van der Waals surface area contributed by atoms with Gasteiger partial charge in [0.15, 0.2) is 0 Å². The van der Waals surface area contributed by atoms with Crippen molar-refractivity contribution in [3.8, 4) is 0 Å². The third-order valence-electron chi connectivity index (χ3n) is 5.70. The molecule has 0 saturated heterocycles. The van der Waals surface area contributed by atoms with Gasteiger partial charge in [0.05, 0.1) is 29.2 Å².